The number of carboxylic acids is 1. The maximum Gasteiger partial charge on any atom is 0.336 e. The van der Waals surface area contributed by atoms with E-state index in [9.17, 15) is 9.59 Å². The third kappa shape index (κ3) is 2.57. The van der Waals surface area contributed by atoms with Crippen LogP contribution >= 0.6 is 0 Å². The van der Waals surface area contributed by atoms with Gasteiger partial charge in [-0.25, -0.2) is 4.79 Å². The highest BCUT2D eigenvalue weighted by molar-refractivity contribution is 5.89. The number of rotatable bonds is 4. The van der Waals surface area contributed by atoms with Crippen LogP contribution in [0.4, 0.5) is 0 Å². The lowest BCUT2D eigenvalue weighted by Gasteiger charge is -2.30. The van der Waals surface area contributed by atoms with Crippen molar-refractivity contribution < 1.29 is 28.9 Å². The predicted molar refractivity (Wildman–Crippen MR) is 69.6 cm³/mol. The number of nitrogens with zero attached hydrogens (tertiary/aromatic N) is 1. The lowest BCUT2D eigenvalue weighted by molar-refractivity contribution is -0.162. The van der Waals surface area contributed by atoms with Gasteiger partial charge in [-0.3, -0.25) is 4.79 Å². The van der Waals surface area contributed by atoms with Crippen molar-refractivity contribution in [1.29, 1.82) is 0 Å². The van der Waals surface area contributed by atoms with E-state index in [-0.39, 0.29) is 12.5 Å². The first-order valence-electron chi connectivity index (χ1n) is 6.54. The molecule has 2 saturated heterocycles. The summed E-state index contributed by atoms with van der Waals surface area (Å²) in [5.41, 5.74) is 0.928. The van der Waals surface area contributed by atoms with Crippen molar-refractivity contribution in [3.05, 3.63) is 29.8 Å². The van der Waals surface area contributed by atoms with Crippen LogP contribution in [0.2, 0.25) is 0 Å². The molecular formula is C14H15NO6. The van der Waals surface area contributed by atoms with E-state index in [1.54, 1.807) is 12.0 Å². The van der Waals surface area contributed by atoms with Gasteiger partial charge in [-0.1, -0.05) is 12.1 Å². The van der Waals surface area contributed by atoms with Gasteiger partial charge in [-0.15, -0.1) is 0 Å². The van der Waals surface area contributed by atoms with Gasteiger partial charge >= 0.3 is 5.97 Å². The number of aliphatic carboxylic acids is 1. The summed E-state index contributed by atoms with van der Waals surface area (Å²) >= 11 is 0. The number of carbonyl (C=O) groups is 2. The summed E-state index contributed by atoms with van der Waals surface area (Å²) < 4.78 is 15.6. The van der Waals surface area contributed by atoms with Crippen LogP contribution in [0.1, 0.15) is 5.56 Å². The van der Waals surface area contributed by atoms with Gasteiger partial charge in [0.25, 0.3) is 5.91 Å². The summed E-state index contributed by atoms with van der Waals surface area (Å²) in [6.45, 7) is 0.611. The van der Waals surface area contributed by atoms with Gasteiger partial charge in [0.05, 0.1) is 13.7 Å². The molecule has 1 amide bonds. The lowest BCUT2D eigenvalue weighted by atomic mass is 10.1. The largest absolute Gasteiger partial charge is 0.497 e. The molecule has 0 spiro atoms. The molecule has 7 nitrogen and oxygen atoms in total. The number of methoxy groups -OCH3 is 1. The topological polar surface area (TPSA) is 85.3 Å². The van der Waals surface area contributed by atoms with Gasteiger partial charge in [-0.2, -0.15) is 0 Å². The minimum absolute atomic E-state index is 0.227. The minimum Gasteiger partial charge on any atom is -0.497 e. The van der Waals surface area contributed by atoms with Crippen molar-refractivity contribution in [1.82, 2.24) is 4.90 Å². The van der Waals surface area contributed by atoms with E-state index >= 15 is 0 Å². The highest BCUT2D eigenvalue weighted by Gasteiger charge is 2.51. The number of hydrogen-bond acceptors (Lipinski definition) is 5. The van der Waals surface area contributed by atoms with Crippen molar-refractivity contribution in [3.8, 4) is 5.75 Å². The molecular weight excluding hydrogens is 278 g/mol. The van der Waals surface area contributed by atoms with E-state index in [2.05, 4.69) is 0 Å². The number of hydrogen-bond donors (Lipinski definition) is 1. The molecule has 2 bridgehead atoms. The average Bonchev–Trinajstić information content (AvgIpc) is 2.85. The third-order valence-corrected chi connectivity index (χ3v) is 3.57. The standard InChI is InChI=1S/C14H15NO6/c1-19-9-4-2-8(3-5-9)6-15-7-10-20-11(13(15)16)12(21-10)14(17)18/h2-5,10-12H,6-7H2,1H3,(H,17,18). The first-order valence-corrected chi connectivity index (χ1v) is 6.54. The highest BCUT2D eigenvalue weighted by Crippen LogP contribution is 2.28. The maximum absolute atomic E-state index is 12.3. The Morgan fingerprint density at radius 3 is 2.71 bits per heavy atom. The van der Waals surface area contributed by atoms with Crippen LogP contribution in [0.15, 0.2) is 24.3 Å². The first kappa shape index (κ1) is 13.8. The van der Waals surface area contributed by atoms with Gasteiger partial charge in [0.15, 0.2) is 18.5 Å². The second-order valence-corrected chi connectivity index (χ2v) is 4.95. The van der Waals surface area contributed by atoms with E-state index in [1.165, 1.54) is 0 Å². The van der Waals surface area contributed by atoms with Crippen LogP contribution in [0, 0.1) is 0 Å². The molecule has 0 saturated carbocycles. The molecule has 1 aromatic rings. The molecule has 0 aliphatic carbocycles. The lowest BCUT2D eigenvalue weighted by Crippen LogP contribution is -2.49. The molecule has 2 aliphatic rings. The summed E-state index contributed by atoms with van der Waals surface area (Å²) in [4.78, 5) is 24.9. The Kier molecular flexibility index (Phi) is 3.52. The van der Waals surface area contributed by atoms with Gasteiger partial charge in [0.1, 0.15) is 5.75 Å². The molecule has 7 heteroatoms. The second-order valence-electron chi connectivity index (χ2n) is 4.95. The zero-order chi connectivity index (χ0) is 15.0. The minimum atomic E-state index is -1.22. The summed E-state index contributed by atoms with van der Waals surface area (Å²) in [5, 5.41) is 9.02. The fraction of sp³-hybridized carbons (Fsp3) is 0.429. The van der Waals surface area contributed by atoms with Crippen LogP contribution in [0.5, 0.6) is 5.75 Å². The van der Waals surface area contributed by atoms with Gasteiger partial charge in [-0.05, 0) is 17.7 Å². The molecule has 0 radical (unpaired) electrons. The smallest absolute Gasteiger partial charge is 0.336 e. The maximum atomic E-state index is 12.3. The van der Waals surface area contributed by atoms with E-state index in [0.29, 0.717) is 6.54 Å². The fourth-order valence-electron chi connectivity index (χ4n) is 2.51. The van der Waals surface area contributed by atoms with Crippen molar-refractivity contribution >= 4 is 11.9 Å². The monoisotopic (exact) mass is 293 g/mol. The van der Waals surface area contributed by atoms with Crippen molar-refractivity contribution in [2.75, 3.05) is 13.7 Å². The second kappa shape index (κ2) is 5.34. The zero-order valence-electron chi connectivity index (χ0n) is 11.4. The zero-order valence-corrected chi connectivity index (χ0v) is 11.4. The molecule has 3 atom stereocenters. The molecule has 0 aromatic heterocycles. The number of morpholine rings is 1. The Balaban J connectivity index is 1.72. The van der Waals surface area contributed by atoms with Crippen LogP contribution in [-0.4, -0.2) is 54.0 Å². The Labute approximate surface area is 121 Å². The summed E-state index contributed by atoms with van der Waals surface area (Å²) in [7, 11) is 1.58. The van der Waals surface area contributed by atoms with Crippen LogP contribution in [0.25, 0.3) is 0 Å². The Bertz CT molecular complexity index is 557. The summed E-state index contributed by atoms with van der Waals surface area (Å²) in [6, 6.07) is 7.34. The van der Waals surface area contributed by atoms with Gasteiger partial charge < -0.3 is 24.2 Å². The van der Waals surface area contributed by atoms with Crippen molar-refractivity contribution in [3.63, 3.8) is 0 Å². The summed E-state index contributed by atoms with van der Waals surface area (Å²) in [5.74, 6) is -0.796. The number of carbonyl (C=O) groups excluding carboxylic acids is 1. The number of carboxylic acid groups (broad SMARTS) is 1. The normalized spacial score (nSPS) is 27.8. The number of benzene rings is 1. The van der Waals surface area contributed by atoms with E-state index in [4.69, 9.17) is 19.3 Å². The van der Waals surface area contributed by atoms with E-state index in [0.717, 1.165) is 11.3 Å². The Hall–Kier alpha value is -2.12. The predicted octanol–water partition coefficient (Wildman–Crippen LogP) is 0.232. The van der Waals surface area contributed by atoms with E-state index in [1.807, 2.05) is 24.3 Å². The van der Waals surface area contributed by atoms with Crippen LogP contribution in [0.3, 0.4) is 0 Å². The number of amides is 1. The third-order valence-electron chi connectivity index (χ3n) is 3.57. The molecule has 3 rings (SSSR count). The van der Waals surface area contributed by atoms with Gasteiger partial charge in [0, 0.05) is 6.54 Å². The molecule has 21 heavy (non-hydrogen) atoms. The van der Waals surface area contributed by atoms with Crippen molar-refractivity contribution in [2.24, 2.45) is 0 Å². The molecule has 1 N–H and O–H groups in total. The SMILES string of the molecule is COc1ccc(CN2CC3OC(C(=O)O)C(O3)C2=O)cc1. The summed E-state index contributed by atoms with van der Waals surface area (Å²) in [6.07, 6.45) is -2.95. The fourth-order valence-corrected chi connectivity index (χ4v) is 2.51. The first-order chi connectivity index (χ1) is 10.1. The Morgan fingerprint density at radius 1 is 1.38 bits per heavy atom. The molecule has 2 aliphatic heterocycles. The molecule has 2 heterocycles. The van der Waals surface area contributed by atoms with E-state index < -0.39 is 24.5 Å². The highest BCUT2D eigenvalue weighted by atomic mass is 16.7. The average molecular weight is 293 g/mol. The van der Waals surface area contributed by atoms with Crippen molar-refractivity contribution in [2.45, 2.75) is 25.0 Å². The molecule has 112 valence electrons. The van der Waals surface area contributed by atoms with Crippen LogP contribution in [-0.2, 0) is 25.6 Å². The Morgan fingerprint density at radius 2 is 2.10 bits per heavy atom. The molecule has 2 fully saturated rings. The number of fused-ring (bicyclic) bond motifs is 2. The molecule has 3 unspecified atom stereocenters. The molecule has 1 aromatic carbocycles. The number of ether oxygens (including phenoxy) is 3. The van der Waals surface area contributed by atoms with Gasteiger partial charge in [0.2, 0.25) is 0 Å². The van der Waals surface area contributed by atoms with Crippen LogP contribution < -0.4 is 4.74 Å². The quantitative estimate of drug-likeness (QED) is 0.855.